The van der Waals surface area contributed by atoms with Gasteiger partial charge < -0.3 is 4.90 Å². The number of fused-ring (bicyclic) bond motifs is 1. The molecule has 0 fully saturated rings. The third-order valence-corrected chi connectivity index (χ3v) is 6.33. The predicted octanol–water partition coefficient (Wildman–Crippen LogP) is 5.40. The highest BCUT2D eigenvalue weighted by molar-refractivity contribution is 7.12. The minimum absolute atomic E-state index is 0.0105. The summed E-state index contributed by atoms with van der Waals surface area (Å²) in [6.45, 7) is 11.3. The Morgan fingerprint density at radius 1 is 1.18 bits per heavy atom. The molecule has 1 amide bonds. The van der Waals surface area contributed by atoms with Crippen LogP contribution < -0.4 is 0 Å². The zero-order valence-corrected chi connectivity index (χ0v) is 17.3. The average molecular weight is 389 g/mol. The summed E-state index contributed by atoms with van der Waals surface area (Å²) in [5.74, 6) is 0.125. The molecule has 1 aliphatic heterocycles. The average Bonchev–Trinajstić information content (AvgIpc) is 3.06. The van der Waals surface area contributed by atoms with Gasteiger partial charge in [-0.2, -0.15) is 0 Å². The zero-order chi connectivity index (χ0) is 19.8. The van der Waals surface area contributed by atoms with Crippen LogP contribution in [0.3, 0.4) is 0 Å². The molecular formula is C24H24N2OS. The molecule has 4 heteroatoms. The second-order valence-electron chi connectivity index (χ2n) is 7.47. The van der Waals surface area contributed by atoms with Crippen LogP contribution in [0.2, 0.25) is 0 Å². The Bertz CT molecular complexity index is 1050. The third kappa shape index (κ3) is 3.40. The summed E-state index contributed by atoms with van der Waals surface area (Å²) in [5, 5.41) is 0. The first-order valence-electron chi connectivity index (χ1n) is 9.51. The molecule has 0 N–H and O–H groups in total. The highest BCUT2D eigenvalue weighted by Crippen LogP contribution is 2.41. The summed E-state index contributed by atoms with van der Waals surface area (Å²) in [7, 11) is 0. The van der Waals surface area contributed by atoms with E-state index < -0.39 is 0 Å². The van der Waals surface area contributed by atoms with Crippen LogP contribution in [0.25, 0.3) is 11.3 Å². The van der Waals surface area contributed by atoms with Crippen molar-refractivity contribution < 1.29 is 4.79 Å². The standard InChI is InChI=1S/C24H24N2OS/c1-5-24(27)26-13-21(20-12-17(4)28-23(20)14-26)18-8-6-7-9-19(18)22-11-15(2)10-16(3)25-22/h5-12,21H,1,13-14H2,2-4H3/t21-/m0/s1. The van der Waals surface area contributed by atoms with Crippen LogP contribution in [0, 0.1) is 20.8 Å². The van der Waals surface area contributed by atoms with Crippen molar-refractivity contribution in [2.24, 2.45) is 0 Å². The van der Waals surface area contributed by atoms with E-state index in [4.69, 9.17) is 4.98 Å². The van der Waals surface area contributed by atoms with E-state index >= 15 is 0 Å². The van der Waals surface area contributed by atoms with Gasteiger partial charge in [0.2, 0.25) is 5.91 Å². The second-order valence-corrected chi connectivity index (χ2v) is 8.81. The van der Waals surface area contributed by atoms with Gasteiger partial charge in [0.15, 0.2) is 0 Å². The van der Waals surface area contributed by atoms with Gasteiger partial charge in [0.25, 0.3) is 0 Å². The number of pyridine rings is 1. The largest absolute Gasteiger partial charge is 0.333 e. The van der Waals surface area contributed by atoms with Crippen molar-refractivity contribution in [1.82, 2.24) is 9.88 Å². The Balaban J connectivity index is 1.86. The van der Waals surface area contributed by atoms with Gasteiger partial charge in [-0.25, -0.2) is 0 Å². The Labute approximate surface area is 170 Å². The van der Waals surface area contributed by atoms with Gasteiger partial charge in [-0.3, -0.25) is 9.78 Å². The summed E-state index contributed by atoms with van der Waals surface area (Å²) >= 11 is 1.78. The van der Waals surface area contributed by atoms with Crippen LogP contribution in [-0.2, 0) is 11.3 Å². The van der Waals surface area contributed by atoms with E-state index in [1.807, 2.05) is 11.8 Å². The highest BCUT2D eigenvalue weighted by Gasteiger charge is 2.31. The molecule has 0 spiro atoms. The van der Waals surface area contributed by atoms with Crippen molar-refractivity contribution in [3.8, 4) is 11.3 Å². The van der Waals surface area contributed by atoms with Crippen molar-refractivity contribution >= 4 is 17.2 Å². The number of thiophene rings is 1. The maximum atomic E-state index is 12.4. The third-order valence-electron chi connectivity index (χ3n) is 5.27. The molecule has 3 nitrogen and oxygen atoms in total. The first kappa shape index (κ1) is 18.6. The first-order chi connectivity index (χ1) is 13.5. The molecular weight excluding hydrogens is 364 g/mol. The molecule has 142 valence electrons. The monoisotopic (exact) mass is 388 g/mol. The van der Waals surface area contributed by atoms with Crippen molar-refractivity contribution in [3.63, 3.8) is 0 Å². The minimum Gasteiger partial charge on any atom is -0.333 e. The quantitative estimate of drug-likeness (QED) is 0.563. The number of hydrogen-bond donors (Lipinski definition) is 0. The Morgan fingerprint density at radius 3 is 2.71 bits per heavy atom. The number of carbonyl (C=O) groups is 1. The summed E-state index contributed by atoms with van der Waals surface area (Å²) in [6, 6.07) is 15.0. The van der Waals surface area contributed by atoms with E-state index in [0.717, 1.165) is 17.0 Å². The molecule has 1 aliphatic rings. The van der Waals surface area contributed by atoms with Crippen molar-refractivity contribution in [2.45, 2.75) is 33.2 Å². The van der Waals surface area contributed by atoms with Gasteiger partial charge in [0.1, 0.15) is 0 Å². The smallest absolute Gasteiger partial charge is 0.246 e. The second kappa shape index (κ2) is 7.36. The number of nitrogens with zero attached hydrogens (tertiary/aromatic N) is 2. The van der Waals surface area contributed by atoms with Gasteiger partial charge in [-0.15, -0.1) is 11.3 Å². The van der Waals surface area contributed by atoms with Crippen LogP contribution in [0.15, 0.2) is 55.1 Å². The van der Waals surface area contributed by atoms with Crippen molar-refractivity contribution in [2.75, 3.05) is 6.54 Å². The predicted molar refractivity (Wildman–Crippen MR) is 116 cm³/mol. The Morgan fingerprint density at radius 2 is 1.96 bits per heavy atom. The van der Waals surface area contributed by atoms with Crippen LogP contribution >= 0.6 is 11.3 Å². The molecule has 2 aromatic heterocycles. The molecule has 0 unspecified atom stereocenters. The molecule has 0 saturated heterocycles. The molecule has 1 atom stereocenters. The van der Waals surface area contributed by atoms with Gasteiger partial charge in [0, 0.05) is 33.5 Å². The van der Waals surface area contributed by atoms with Gasteiger partial charge in [-0.1, -0.05) is 30.8 Å². The SMILES string of the molecule is C=CC(=O)N1Cc2sc(C)cc2[C@H](c2ccccc2-c2cc(C)cc(C)n2)C1. The van der Waals surface area contributed by atoms with Crippen LogP contribution in [0.5, 0.6) is 0 Å². The fourth-order valence-electron chi connectivity index (χ4n) is 4.13. The Kier molecular flexibility index (Phi) is 4.90. The number of carbonyl (C=O) groups excluding carboxylic acids is 1. The number of benzene rings is 1. The topological polar surface area (TPSA) is 33.2 Å². The number of aryl methyl sites for hydroxylation is 3. The van der Waals surface area contributed by atoms with E-state index in [1.165, 1.54) is 32.5 Å². The number of aromatic nitrogens is 1. The van der Waals surface area contributed by atoms with E-state index in [-0.39, 0.29) is 11.8 Å². The normalized spacial score (nSPS) is 16.0. The molecule has 3 aromatic rings. The molecule has 0 saturated carbocycles. The first-order valence-corrected chi connectivity index (χ1v) is 10.3. The molecule has 0 aliphatic carbocycles. The minimum atomic E-state index is -0.0105. The molecule has 1 aromatic carbocycles. The molecule has 0 bridgehead atoms. The van der Waals surface area contributed by atoms with E-state index in [9.17, 15) is 4.79 Å². The van der Waals surface area contributed by atoms with Crippen molar-refractivity contribution in [3.05, 3.63) is 87.3 Å². The fourth-order valence-corrected chi connectivity index (χ4v) is 5.25. The molecule has 3 heterocycles. The number of rotatable bonds is 3. The van der Waals surface area contributed by atoms with E-state index in [0.29, 0.717) is 13.1 Å². The summed E-state index contributed by atoms with van der Waals surface area (Å²) < 4.78 is 0. The van der Waals surface area contributed by atoms with Gasteiger partial charge >= 0.3 is 0 Å². The fraction of sp³-hybridized carbons (Fsp3) is 0.250. The highest BCUT2D eigenvalue weighted by atomic mass is 32.1. The van der Waals surface area contributed by atoms with Crippen LogP contribution in [0.1, 0.15) is 38.1 Å². The molecule has 4 rings (SSSR count). The summed E-state index contributed by atoms with van der Waals surface area (Å²) in [6.07, 6.45) is 1.42. The molecule has 0 radical (unpaired) electrons. The van der Waals surface area contributed by atoms with Gasteiger partial charge in [0.05, 0.1) is 12.2 Å². The van der Waals surface area contributed by atoms with Gasteiger partial charge in [-0.05, 0) is 61.7 Å². The maximum Gasteiger partial charge on any atom is 0.246 e. The lowest BCUT2D eigenvalue weighted by molar-refractivity contribution is -0.127. The van der Waals surface area contributed by atoms with Crippen LogP contribution in [-0.4, -0.2) is 22.3 Å². The lowest BCUT2D eigenvalue weighted by Gasteiger charge is -2.33. The van der Waals surface area contributed by atoms with E-state index in [2.05, 4.69) is 62.9 Å². The lowest BCUT2D eigenvalue weighted by Crippen LogP contribution is -2.37. The number of amides is 1. The zero-order valence-electron chi connectivity index (χ0n) is 16.5. The van der Waals surface area contributed by atoms with E-state index in [1.54, 1.807) is 11.3 Å². The lowest BCUT2D eigenvalue weighted by atomic mass is 9.84. The summed E-state index contributed by atoms with van der Waals surface area (Å²) in [4.78, 5) is 21.7. The Hall–Kier alpha value is -2.72. The number of hydrogen-bond acceptors (Lipinski definition) is 3. The van der Waals surface area contributed by atoms with Crippen molar-refractivity contribution in [1.29, 1.82) is 0 Å². The maximum absolute atomic E-state index is 12.4. The summed E-state index contributed by atoms with van der Waals surface area (Å²) in [5.41, 5.74) is 6.92. The molecule has 28 heavy (non-hydrogen) atoms. The van der Waals surface area contributed by atoms with Crippen LogP contribution in [0.4, 0.5) is 0 Å².